The molecular weight excluding hydrogens is 366 g/mol. The smallest absolute Gasteiger partial charge is 0.265 e. The molecule has 0 aliphatic heterocycles. The number of hydrogen-bond acceptors (Lipinski definition) is 2. The summed E-state index contributed by atoms with van der Waals surface area (Å²) < 4.78 is 1.74. The zero-order valence-corrected chi connectivity index (χ0v) is 12.9. The minimum Gasteiger partial charge on any atom is -0.319 e. The largest absolute Gasteiger partial charge is 0.319 e. The first-order valence-corrected chi connectivity index (χ1v) is 7.35. The molecule has 0 atom stereocenters. The normalized spacial score (nSPS) is 10.3. The van der Waals surface area contributed by atoms with Crippen LogP contribution in [0.15, 0.2) is 38.6 Å². The highest BCUT2D eigenvalue weighted by Crippen LogP contribution is 2.32. The zero-order valence-electron chi connectivity index (χ0n) is 8.96. The van der Waals surface area contributed by atoms with Crippen molar-refractivity contribution >= 4 is 54.8 Å². The third-order valence-corrected chi connectivity index (χ3v) is 4.29. The van der Waals surface area contributed by atoms with E-state index in [1.54, 1.807) is 6.07 Å². The van der Waals surface area contributed by atoms with E-state index in [4.69, 9.17) is 0 Å². The molecule has 0 saturated heterocycles. The zero-order chi connectivity index (χ0) is 12.4. The highest BCUT2D eigenvalue weighted by molar-refractivity contribution is 9.11. The van der Waals surface area contributed by atoms with Crippen LogP contribution in [0, 0.1) is 6.92 Å². The Hall–Kier alpha value is -0.650. The molecule has 5 heteroatoms. The number of halogens is 2. The van der Waals surface area contributed by atoms with Crippen molar-refractivity contribution in [2.75, 3.05) is 5.32 Å². The average molecular weight is 375 g/mol. The van der Waals surface area contributed by atoms with Gasteiger partial charge in [0.25, 0.3) is 5.91 Å². The predicted octanol–water partition coefficient (Wildman–Crippen LogP) is 4.83. The average Bonchev–Trinajstić information content (AvgIpc) is 2.76. The van der Waals surface area contributed by atoms with Crippen LogP contribution in [0.25, 0.3) is 0 Å². The van der Waals surface area contributed by atoms with Gasteiger partial charge in [-0.3, -0.25) is 4.79 Å². The van der Waals surface area contributed by atoms with Gasteiger partial charge in [0.05, 0.1) is 10.6 Å². The summed E-state index contributed by atoms with van der Waals surface area (Å²) in [5.41, 5.74) is 1.88. The van der Waals surface area contributed by atoms with Crippen LogP contribution >= 0.6 is 43.2 Å². The third-order valence-electron chi connectivity index (χ3n) is 2.17. The second-order valence-corrected chi connectivity index (χ2v) is 6.19. The molecule has 2 aromatic rings. The number of benzene rings is 1. The van der Waals surface area contributed by atoms with Crippen molar-refractivity contribution in [1.29, 1.82) is 0 Å². The van der Waals surface area contributed by atoms with E-state index < -0.39 is 0 Å². The summed E-state index contributed by atoms with van der Waals surface area (Å²) in [4.78, 5) is 12.6. The Morgan fingerprint density at radius 2 is 1.94 bits per heavy atom. The minimum atomic E-state index is -0.0924. The molecule has 1 aromatic carbocycles. The van der Waals surface area contributed by atoms with Gasteiger partial charge in [0.15, 0.2) is 0 Å². The van der Waals surface area contributed by atoms with Gasteiger partial charge in [0.2, 0.25) is 0 Å². The van der Waals surface area contributed by atoms with Crippen LogP contribution in [0.2, 0.25) is 0 Å². The van der Waals surface area contributed by atoms with Gasteiger partial charge in [-0.15, -0.1) is 11.3 Å². The van der Waals surface area contributed by atoms with E-state index in [-0.39, 0.29) is 5.91 Å². The summed E-state index contributed by atoms with van der Waals surface area (Å²) in [6, 6.07) is 7.60. The maximum absolute atomic E-state index is 11.9. The molecule has 0 spiro atoms. The maximum Gasteiger partial charge on any atom is 0.265 e. The quantitative estimate of drug-likeness (QED) is 0.800. The van der Waals surface area contributed by atoms with E-state index in [1.165, 1.54) is 11.3 Å². The summed E-state index contributed by atoms with van der Waals surface area (Å²) in [6.45, 7) is 2.00. The number of aryl methyl sites for hydroxylation is 1. The molecule has 1 aromatic heterocycles. The summed E-state index contributed by atoms with van der Waals surface area (Å²) >= 11 is 8.32. The summed E-state index contributed by atoms with van der Waals surface area (Å²) in [5, 5.41) is 4.77. The third kappa shape index (κ3) is 2.97. The van der Waals surface area contributed by atoms with Crippen LogP contribution in [-0.2, 0) is 0 Å². The molecule has 88 valence electrons. The molecule has 0 radical (unpaired) electrons. The Kier molecular flexibility index (Phi) is 4.01. The van der Waals surface area contributed by atoms with Gasteiger partial charge in [-0.05, 0) is 67.9 Å². The number of nitrogens with one attached hydrogen (secondary N) is 1. The molecule has 0 bridgehead atoms. The fraction of sp³-hybridized carbons (Fsp3) is 0.0833. The van der Waals surface area contributed by atoms with Crippen LogP contribution in [0.5, 0.6) is 0 Å². The Bertz CT molecular complexity index is 529. The number of thiophene rings is 1. The number of hydrogen-bond donors (Lipinski definition) is 1. The summed E-state index contributed by atoms with van der Waals surface area (Å²) in [7, 11) is 0. The van der Waals surface area contributed by atoms with Crippen molar-refractivity contribution in [3.63, 3.8) is 0 Å². The number of anilines is 1. The Labute approximate surface area is 120 Å². The predicted molar refractivity (Wildman–Crippen MR) is 78.9 cm³/mol. The lowest BCUT2D eigenvalue weighted by molar-refractivity contribution is 0.103. The Balaban J connectivity index is 2.28. The Morgan fingerprint density at radius 3 is 2.47 bits per heavy atom. The lowest BCUT2D eigenvalue weighted by atomic mass is 10.2. The van der Waals surface area contributed by atoms with Gasteiger partial charge in [-0.25, -0.2) is 0 Å². The van der Waals surface area contributed by atoms with E-state index in [0.29, 0.717) is 4.88 Å². The van der Waals surface area contributed by atoms with E-state index in [9.17, 15) is 4.79 Å². The number of carbonyl (C=O) groups is 1. The molecular formula is C12H9Br2NOS. The molecule has 2 rings (SSSR count). The van der Waals surface area contributed by atoms with Gasteiger partial charge < -0.3 is 5.32 Å². The molecule has 0 unspecified atom stereocenters. The van der Waals surface area contributed by atoms with Crippen LogP contribution in [0.1, 0.15) is 15.2 Å². The molecule has 1 N–H and O–H groups in total. The monoisotopic (exact) mass is 373 g/mol. The highest BCUT2D eigenvalue weighted by atomic mass is 79.9. The fourth-order valence-corrected chi connectivity index (χ4v) is 3.63. The second kappa shape index (κ2) is 5.33. The lowest BCUT2D eigenvalue weighted by Crippen LogP contribution is -2.11. The van der Waals surface area contributed by atoms with E-state index in [0.717, 1.165) is 20.2 Å². The lowest BCUT2D eigenvalue weighted by Gasteiger charge is -2.09. The highest BCUT2D eigenvalue weighted by Gasteiger charge is 2.12. The number of amides is 1. The van der Waals surface area contributed by atoms with Crippen LogP contribution in [0.4, 0.5) is 5.69 Å². The van der Waals surface area contributed by atoms with E-state index in [1.807, 2.05) is 30.5 Å². The first-order valence-electron chi connectivity index (χ1n) is 4.88. The van der Waals surface area contributed by atoms with Crippen molar-refractivity contribution in [3.8, 4) is 0 Å². The van der Waals surface area contributed by atoms with Crippen molar-refractivity contribution in [3.05, 3.63) is 49.0 Å². The summed E-state index contributed by atoms with van der Waals surface area (Å²) in [6.07, 6.45) is 0. The van der Waals surface area contributed by atoms with Crippen molar-refractivity contribution in [1.82, 2.24) is 0 Å². The van der Waals surface area contributed by atoms with Crippen molar-refractivity contribution in [2.24, 2.45) is 0 Å². The minimum absolute atomic E-state index is 0.0924. The van der Waals surface area contributed by atoms with Gasteiger partial charge in [-0.2, -0.15) is 0 Å². The topological polar surface area (TPSA) is 29.1 Å². The second-order valence-electron chi connectivity index (χ2n) is 3.53. The van der Waals surface area contributed by atoms with Gasteiger partial charge in [0, 0.05) is 8.95 Å². The van der Waals surface area contributed by atoms with Crippen molar-refractivity contribution in [2.45, 2.75) is 6.92 Å². The maximum atomic E-state index is 11.9. The Morgan fingerprint density at radius 1 is 1.29 bits per heavy atom. The van der Waals surface area contributed by atoms with Crippen LogP contribution in [0.3, 0.4) is 0 Å². The van der Waals surface area contributed by atoms with Gasteiger partial charge >= 0.3 is 0 Å². The first-order chi connectivity index (χ1) is 8.08. The first kappa shape index (κ1) is 12.8. The molecule has 0 saturated carbocycles. The molecule has 2 nitrogen and oxygen atoms in total. The van der Waals surface area contributed by atoms with Gasteiger partial charge in [-0.1, -0.05) is 6.07 Å². The number of rotatable bonds is 2. The van der Waals surface area contributed by atoms with Gasteiger partial charge in [0.1, 0.15) is 0 Å². The molecule has 17 heavy (non-hydrogen) atoms. The van der Waals surface area contributed by atoms with E-state index in [2.05, 4.69) is 37.2 Å². The fourth-order valence-electron chi connectivity index (χ4n) is 1.40. The molecule has 1 amide bonds. The number of carbonyl (C=O) groups excluding carboxylic acids is 1. The molecule has 0 aliphatic carbocycles. The molecule has 0 fully saturated rings. The molecule has 1 heterocycles. The van der Waals surface area contributed by atoms with Crippen LogP contribution in [-0.4, -0.2) is 5.91 Å². The van der Waals surface area contributed by atoms with Crippen molar-refractivity contribution < 1.29 is 4.79 Å². The SMILES string of the molecule is Cc1cc(Br)c(NC(=O)c2cccs2)c(Br)c1. The molecule has 0 aliphatic rings. The van der Waals surface area contributed by atoms with Crippen LogP contribution < -0.4 is 5.32 Å². The summed E-state index contributed by atoms with van der Waals surface area (Å²) in [5.74, 6) is -0.0924. The van der Waals surface area contributed by atoms with E-state index >= 15 is 0 Å². The standard InChI is InChI=1S/C12H9Br2NOS/c1-7-5-8(13)11(9(14)6-7)15-12(16)10-3-2-4-17-10/h2-6H,1H3,(H,15,16).